The van der Waals surface area contributed by atoms with Crippen LogP contribution in [-0.4, -0.2) is 30.9 Å². The lowest BCUT2D eigenvalue weighted by atomic mass is 10.1. The summed E-state index contributed by atoms with van der Waals surface area (Å²) < 4.78 is 5.12. The third kappa shape index (κ3) is 4.90. The molecule has 0 amide bonds. The van der Waals surface area contributed by atoms with E-state index in [4.69, 9.17) is 9.84 Å². The monoisotopic (exact) mass is 249 g/mol. The fraction of sp³-hybridized carbons (Fsp3) is 0.467. The highest BCUT2D eigenvalue weighted by Crippen LogP contribution is 2.14. The van der Waals surface area contributed by atoms with Crippen molar-refractivity contribution in [1.29, 1.82) is 0 Å². The highest BCUT2D eigenvalue weighted by molar-refractivity contribution is 5.53. The molecular weight excluding hydrogens is 226 g/mol. The van der Waals surface area contributed by atoms with Crippen LogP contribution in [0.3, 0.4) is 0 Å². The molecule has 2 N–H and O–H groups in total. The van der Waals surface area contributed by atoms with Crippen LogP contribution in [0.15, 0.2) is 29.8 Å². The summed E-state index contributed by atoms with van der Waals surface area (Å²) >= 11 is 0. The quantitative estimate of drug-likeness (QED) is 0.813. The third-order valence-corrected chi connectivity index (χ3v) is 2.77. The predicted molar refractivity (Wildman–Crippen MR) is 75.8 cm³/mol. The molecule has 0 heterocycles. The number of nitrogens with one attached hydrogen (secondary N) is 1. The Bertz CT molecular complexity index is 393. The van der Waals surface area contributed by atoms with E-state index in [0.717, 1.165) is 17.9 Å². The Morgan fingerprint density at radius 3 is 2.44 bits per heavy atom. The largest absolute Gasteiger partial charge is 0.497 e. The van der Waals surface area contributed by atoms with E-state index in [1.165, 1.54) is 5.57 Å². The second-order valence-electron chi connectivity index (χ2n) is 5.16. The van der Waals surface area contributed by atoms with Crippen LogP contribution in [0.4, 0.5) is 0 Å². The molecule has 3 heteroatoms. The standard InChI is InChI=1S/C15H23NO2/c1-12(10-16-15(2,3)11-17)9-13-5-7-14(18-4)8-6-13/h5-9,16-17H,10-11H2,1-4H3/b12-9-. The second kappa shape index (κ2) is 6.57. The van der Waals surface area contributed by atoms with E-state index in [-0.39, 0.29) is 12.1 Å². The van der Waals surface area contributed by atoms with Gasteiger partial charge in [0.2, 0.25) is 0 Å². The van der Waals surface area contributed by atoms with Crippen molar-refractivity contribution in [2.24, 2.45) is 0 Å². The molecule has 0 aliphatic heterocycles. The Kier molecular flexibility index (Phi) is 5.38. The summed E-state index contributed by atoms with van der Waals surface area (Å²) in [5, 5.41) is 12.5. The molecule has 100 valence electrons. The Hall–Kier alpha value is -1.32. The molecule has 1 aromatic rings. The van der Waals surface area contributed by atoms with E-state index in [0.29, 0.717) is 0 Å². The molecule has 0 aliphatic rings. The van der Waals surface area contributed by atoms with Crippen LogP contribution >= 0.6 is 0 Å². The first-order valence-electron chi connectivity index (χ1n) is 6.14. The summed E-state index contributed by atoms with van der Waals surface area (Å²) in [5.41, 5.74) is 2.13. The predicted octanol–water partition coefficient (Wildman–Crippen LogP) is 2.46. The highest BCUT2D eigenvalue weighted by Gasteiger charge is 2.14. The fourth-order valence-corrected chi connectivity index (χ4v) is 1.47. The molecule has 1 aromatic carbocycles. The van der Waals surface area contributed by atoms with Crippen LogP contribution in [0.5, 0.6) is 5.75 Å². The normalized spacial score (nSPS) is 12.6. The minimum atomic E-state index is -0.241. The zero-order valence-electron chi connectivity index (χ0n) is 11.7. The van der Waals surface area contributed by atoms with E-state index in [1.54, 1.807) is 7.11 Å². The van der Waals surface area contributed by atoms with Crippen molar-refractivity contribution in [2.45, 2.75) is 26.3 Å². The smallest absolute Gasteiger partial charge is 0.118 e. The number of aliphatic hydroxyl groups excluding tert-OH is 1. The van der Waals surface area contributed by atoms with Gasteiger partial charge in [-0.2, -0.15) is 0 Å². The van der Waals surface area contributed by atoms with Gasteiger partial charge in [0.25, 0.3) is 0 Å². The molecule has 0 radical (unpaired) electrons. The van der Waals surface area contributed by atoms with Crippen LogP contribution in [-0.2, 0) is 0 Å². The number of ether oxygens (including phenoxy) is 1. The first-order chi connectivity index (χ1) is 8.46. The van der Waals surface area contributed by atoms with Crippen molar-refractivity contribution in [1.82, 2.24) is 5.32 Å². The van der Waals surface area contributed by atoms with E-state index in [1.807, 2.05) is 38.1 Å². The lowest BCUT2D eigenvalue weighted by Crippen LogP contribution is -2.43. The first kappa shape index (κ1) is 14.7. The maximum absolute atomic E-state index is 9.16. The molecule has 0 saturated carbocycles. The van der Waals surface area contributed by atoms with Crippen molar-refractivity contribution in [2.75, 3.05) is 20.3 Å². The van der Waals surface area contributed by atoms with E-state index in [9.17, 15) is 0 Å². The van der Waals surface area contributed by atoms with Crippen molar-refractivity contribution in [3.05, 3.63) is 35.4 Å². The lowest BCUT2D eigenvalue weighted by Gasteiger charge is -2.23. The van der Waals surface area contributed by atoms with Crippen LogP contribution < -0.4 is 10.1 Å². The first-order valence-corrected chi connectivity index (χ1v) is 6.14. The zero-order chi connectivity index (χ0) is 13.6. The third-order valence-electron chi connectivity index (χ3n) is 2.77. The molecule has 0 saturated heterocycles. The molecular formula is C15H23NO2. The maximum atomic E-state index is 9.16. The molecule has 0 spiro atoms. The van der Waals surface area contributed by atoms with E-state index >= 15 is 0 Å². The van der Waals surface area contributed by atoms with E-state index in [2.05, 4.69) is 18.3 Å². The number of benzene rings is 1. The van der Waals surface area contributed by atoms with Gasteiger partial charge in [0.1, 0.15) is 5.75 Å². The van der Waals surface area contributed by atoms with Crippen LogP contribution in [0.25, 0.3) is 6.08 Å². The van der Waals surface area contributed by atoms with Gasteiger partial charge in [-0.05, 0) is 38.5 Å². The van der Waals surface area contributed by atoms with E-state index < -0.39 is 0 Å². The summed E-state index contributed by atoms with van der Waals surface area (Å²) in [6, 6.07) is 7.95. The maximum Gasteiger partial charge on any atom is 0.118 e. The van der Waals surface area contributed by atoms with Gasteiger partial charge in [0.05, 0.1) is 13.7 Å². The molecule has 0 fully saturated rings. The summed E-state index contributed by atoms with van der Waals surface area (Å²) in [7, 11) is 1.66. The van der Waals surface area contributed by atoms with Gasteiger partial charge in [0.15, 0.2) is 0 Å². The van der Waals surface area contributed by atoms with Crippen LogP contribution in [0, 0.1) is 0 Å². The van der Waals surface area contributed by atoms with Gasteiger partial charge < -0.3 is 15.2 Å². The molecule has 3 nitrogen and oxygen atoms in total. The summed E-state index contributed by atoms with van der Waals surface area (Å²) in [5.74, 6) is 0.865. The van der Waals surface area contributed by atoms with Gasteiger partial charge in [-0.1, -0.05) is 23.8 Å². The molecule has 18 heavy (non-hydrogen) atoms. The minimum absolute atomic E-state index is 0.128. The van der Waals surface area contributed by atoms with Gasteiger partial charge in [-0.3, -0.25) is 0 Å². The summed E-state index contributed by atoms with van der Waals surface area (Å²) in [4.78, 5) is 0. The Morgan fingerprint density at radius 1 is 1.33 bits per heavy atom. The number of aliphatic hydroxyl groups is 1. The molecule has 0 aromatic heterocycles. The number of methoxy groups -OCH3 is 1. The van der Waals surface area contributed by atoms with Crippen LogP contribution in [0.1, 0.15) is 26.3 Å². The molecule has 1 rings (SSSR count). The van der Waals surface area contributed by atoms with Crippen molar-refractivity contribution in [3.8, 4) is 5.75 Å². The van der Waals surface area contributed by atoms with Crippen LogP contribution in [0.2, 0.25) is 0 Å². The van der Waals surface area contributed by atoms with Gasteiger partial charge in [-0.15, -0.1) is 0 Å². The molecule has 0 atom stereocenters. The zero-order valence-corrected chi connectivity index (χ0v) is 11.7. The van der Waals surface area contributed by atoms with Gasteiger partial charge >= 0.3 is 0 Å². The Labute approximate surface area is 109 Å². The summed E-state index contributed by atoms with van der Waals surface area (Å²) in [6.07, 6.45) is 2.12. The Balaban J connectivity index is 2.59. The average molecular weight is 249 g/mol. The van der Waals surface area contributed by atoms with Gasteiger partial charge in [0, 0.05) is 12.1 Å². The topological polar surface area (TPSA) is 41.5 Å². The Morgan fingerprint density at radius 2 is 1.94 bits per heavy atom. The van der Waals surface area contributed by atoms with Crippen molar-refractivity contribution in [3.63, 3.8) is 0 Å². The number of rotatable bonds is 6. The molecule has 0 unspecified atom stereocenters. The fourth-order valence-electron chi connectivity index (χ4n) is 1.47. The van der Waals surface area contributed by atoms with Crippen molar-refractivity contribution >= 4 is 6.08 Å². The molecule has 0 bridgehead atoms. The number of hydrogen-bond acceptors (Lipinski definition) is 3. The number of hydrogen-bond donors (Lipinski definition) is 2. The lowest BCUT2D eigenvalue weighted by molar-refractivity contribution is 0.192. The summed E-state index contributed by atoms with van der Waals surface area (Å²) in [6.45, 7) is 6.93. The second-order valence-corrected chi connectivity index (χ2v) is 5.16. The minimum Gasteiger partial charge on any atom is -0.497 e. The molecule has 0 aliphatic carbocycles. The highest BCUT2D eigenvalue weighted by atomic mass is 16.5. The SMILES string of the molecule is COc1ccc(/C=C(/C)CNC(C)(C)CO)cc1. The van der Waals surface area contributed by atoms with Crippen molar-refractivity contribution < 1.29 is 9.84 Å². The average Bonchev–Trinajstić information content (AvgIpc) is 2.37. The van der Waals surface area contributed by atoms with Gasteiger partial charge in [-0.25, -0.2) is 0 Å².